The Morgan fingerprint density at radius 1 is 1.43 bits per heavy atom. The Bertz CT molecular complexity index is 649. The fourth-order valence-corrected chi connectivity index (χ4v) is 3.39. The number of hydrogen-bond acceptors (Lipinski definition) is 4. The summed E-state index contributed by atoms with van der Waals surface area (Å²) in [4.78, 5) is 6.99. The molecule has 7 heteroatoms. The minimum Gasteiger partial charge on any atom is -0.496 e. The van der Waals surface area contributed by atoms with E-state index in [1.807, 2.05) is 24.5 Å². The lowest BCUT2D eigenvalue weighted by Crippen LogP contribution is -2.46. The van der Waals surface area contributed by atoms with Gasteiger partial charge in [-0.2, -0.15) is 0 Å². The maximum atomic E-state index is 5.51. The summed E-state index contributed by atoms with van der Waals surface area (Å²) < 4.78 is 8.68. The SMILES string of the molecule is COc1ccc(Br)cc1CN1CCNCC1c1nccn1C.Cl. The van der Waals surface area contributed by atoms with Crippen molar-refractivity contribution in [3.8, 4) is 5.75 Å². The standard InChI is InChI=1S/C16H21BrN4O.ClH/c1-20-7-6-19-16(20)14-10-18-5-8-21(14)11-12-9-13(17)3-4-15(12)22-2;/h3-4,6-7,9,14,18H,5,8,10-11H2,1-2H3;1H. The van der Waals surface area contributed by atoms with Crippen molar-refractivity contribution >= 4 is 28.3 Å². The van der Waals surface area contributed by atoms with E-state index >= 15 is 0 Å². The summed E-state index contributed by atoms with van der Waals surface area (Å²) in [5.74, 6) is 2.03. The van der Waals surface area contributed by atoms with E-state index in [9.17, 15) is 0 Å². The second kappa shape index (κ2) is 8.15. The predicted molar refractivity (Wildman–Crippen MR) is 97.2 cm³/mol. The lowest BCUT2D eigenvalue weighted by Gasteiger charge is -2.36. The van der Waals surface area contributed by atoms with E-state index in [0.717, 1.165) is 42.2 Å². The molecule has 1 aromatic carbocycles. The molecule has 126 valence electrons. The number of imidazole rings is 1. The first kappa shape index (κ1) is 18.3. The Kier molecular flexibility index (Phi) is 6.47. The first-order chi connectivity index (χ1) is 10.7. The third-order valence-electron chi connectivity index (χ3n) is 4.13. The highest BCUT2D eigenvalue weighted by molar-refractivity contribution is 9.10. The van der Waals surface area contributed by atoms with Crippen molar-refractivity contribution in [2.75, 3.05) is 26.7 Å². The molecule has 1 saturated heterocycles. The molecule has 0 spiro atoms. The Balaban J connectivity index is 0.00000192. The van der Waals surface area contributed by atoms with E-state index in [4.69, 9.17) is 4.74 Å². The van der Waals surface area contributed by atoms with Gasteiger partial charge in [-0.3, -0.25) is 4.90 Å². The molecule has 0 aliphatic carbocycles. The number of nitrogens with zero attached hydrogens (tertiary/aromatic N) is 3. The van der Waals surface area contributed by atoms with E-state index in [2.05, 4.69) is 48.8 Å². The number of nitrogens with one attached hydrogen (secondary N) is 1. The molecule has 1 fully saturated rings. The Morgan fingerprint density at radius 3 is 2.96 bits per heavy atom. The van der Waals surface area contributed by atoms with Crippen LogP contribution in [0.3, 0.4) is 0 Å². The fourth-order valence-electron chi connectivity index (χ4n) is 2.98. The highest BCUT2D eigenvalue weighted by Crippen LogP contribution is 2.28. The summed E-state index contributed by atoms with van der Waals surface area (Å²) in [6.07, 6.45) is 3.86. The van der Waals surface area contributed by atoms with Crippen molar-refractivity contribution in [1.29, 1.82) is 0 Å². The lowest BCUT2D eigenvalue weighted by atomic mass is 10.1. The molecule has 1 aromatic heterocycles. The maximum absolute atomic E-state index is 5.51. The van der Waals surface area contributed by atoms with Crippen LogP contribution < -0.4 is 10.1 Å². The van der Waals surface area contributed by atoms with Crippen LogP contribution in [0.4, 0.5) is 0 Å². The second-order valence-corrected chi connectivity index (χ2v) is 6.46. The molecule has 1 aliphatic heterocycles. The minimum absolute atomic E-state index is 0. The summed E-state index contributed by atoms with van der Waals surface area (Å²) in [7, 11) is 3.77. The topological polar surface area (TPSA) is 42.3 Å². The van der Waals surface area contributed by atoms with Crippen LogP contribution >= 0.6 is 28.3 Å². The molecule has 1 unspecified atom stereocenters. The average molecular weight is 402 g/mol. The van der Waals surface area contributed by atoms with Crippen LogP contribution in [-0.2, 0) is 13.6 Å². The smallest absolute Gasteiger partial charge is 0.127 e. The van der Waals surface area contributed by atoms with Gasteiger partial charge in [0.2, 0.25) is 0 Å². The van der Waals surface area contributed by atoms with E-state index < -0.39 is 0 Å². The summed E-state index contributed by atoms with van der Waals surface area (Å²) in [5, 5.41) is 3.47. The zero-order valence-electron chi connectivity index (χ0n) is 13.3. The number of aromatic nitrogens is 2. The molecular formula is C16H22BrClN4O. The van der Waals surface area contributed by atoms with Crippen molar-refractivity contribution in [1.82, 2.24) is 19.8 Å². The average Bonchev–Trinajstić information content (AvgIpc) is 2.94. The van der Waals surface area contributed by atoms with Gasteiger partial charge in [-0.1, -0.05) is 15.9 Å². The molecule has 0 saturated carbocycles. The number of piperazine rings is 1. The van der Waals surface area contributed by atoms with Crippen LogP contribution in [0, 0.1) is 0 Å². The highest BCUT2D eigenvalue weighted by Gasteiger charge is 2.27. The molecule has 0 bridgehead atoms. The molecule has 2 heterocycles. The molecule has 2 aromatic rings. The van der Waals surface area contributed by atoms with Gasteiger partial charge in [0.05, 0.1) is 13.2 Å². The lowest BCUT2D eigenvalue weighted by molar-refractivity contribution is 0.143. The molecule has 3 rings (SSSR count). The second-order valence-electron chi connectivity index (χ2n) is 5.54. The number of benzene rings is 1. The molecule has 1 atom stereocenters. The van der Waals surface area contributed by atoms with Crippen molar-refractivity contribution in [2.45, 2.75) is 12.6 Å². The van der Waals surface area contributed by atoms with Gasteiger partial charge in [-0.05, 0) is 18.2 Å². The number of hydrogen-bond donors (Lipinski definition) is 1. The third kappa shape index (κ3) is 4.07. The van der Waals surface area contributed by atoms with E-state index in [1.165, 1.54) is 5.56 Å². The van der Waals surface area contributed by atoms with Gasteiger partial charge >= 0.3 is 0 Å². The van der Waals surface area contributed by atoms with E-state index in [-0.39, 0.29) is 18.4 Å². The first-order valence-corrected chi connectivity index (χ1v) is 8.22. The summed E-state index contributed by atoms with van der Waals surface area (Å²) >= 11 is 3.55. The monoisotopic (exact) mass is 400 g/mol. The van der Waals surface area contributed by atoms with Crippen molar-refractivity contribution in [3.05, 3.63) is 46.5 Å². The number of rotatable bonds is 4. The van der Waals surface area contributed by atoms with Gasteiger partial charge < -0.3 is 14.6 Å². The molecule has 0 radical (unpaired) electrons. The molecule has 5 nitrogen and oxygen atoms in total. The first-order valence-electron chi connectivity index (χ1n) is 7.43. The number of aryl methyl sites for hydroxylation is 1. The van der Waals surface area contributed by atoms with Gasteiger partial charge in [0.15, 0.2) is 0 Å². The van der Waals surface area contributed by atoms with Gasteiger partial charge in [-0.25, -0.2) is 4.98 Å². The van der Waals surface area contributed by atoms with Crippen LogP contribution in [0.25, 0.3) is 0 Å². The summed E-state index contributed by atoms with van der Waals surface area (Å²) in [5.41, 5.74) is 1.19. The summed E-state index contributed by atoms with van der Waals surface area (Å²) in [6, 6.07) is 6.43. The van der Waals surface area contributed by atoms with Crippen LogP contribution in [0.1, 0.15) is 17.4 Å². The largest absolute Gasteiger partial charge is 0.496 e. The van der Waals surface area contributed by atoms with Crippen LogP contribution in [0.2, 0.25) is 0 Å². The van der Waals surface area contributed by atoms with E-state index in [0.29, 0.717) is 0 Å². The van der Waals surface area contributed by atoms with Crippen LogP contribution in [0.5, 0.6) is 5.75 Å². The van der Waals surface area contributed by atoms with Crippen LogP contribution in [0.15, 0.2) is 35.1 Å². The molecular weight excluding hydrogens is 380 g/mol. The zero-order valence-corrected chi connectivity index (χ0v) is 15.7. The van der Waals surface area contributed by atoms with Crippen molar-refractivity contribution < 1.29 is 4.74 Å². The van der Waals surface area contributed by atoms with E-state index in [1.54, 1.807) is 7.11 Å². The van der Waals surface area contributed by atoms with Crippen molar-refractivity contribution in [3.63, 3.8) is 0 Å². The number of ether oxygens (including phenoxy) is 1. The Labute approximate surface area is 151 Å². The zero-order chi connectivity index (χ0) is 15.5. The Hall–Kier alpha value is -1.08. The van der Waals surface area contributed by atoms with Gasteiger partial charge in [0, 0.05) is 55.7 Å². The predicted octanol–water partition coefficient (Wildman–Crippen LogP) is 2.76. The highest BCUT2D eigenvalue weighted by atomic mass is 79.9. The number of methoxy groups -OCH3 is 1. The van der Waals surface area contributed by atoms with Gasteiger partial charge in [0.25, 0.3) is 0 Å². The molecule has 1 N–H and O–H groups in total. The van der Waals surface area contributed by atoms with Gasteiger partial charge in [-0.15, -0.1) is 12.4 Å². The summed E-state index contributed by atoms with van der Waals surface area (Å²) in [6.45, 7) is 3.76. The Morgan fingerprint density at radius 2 is 2.26 bits per heavy atom. The third-order valence-corrected chi connectivity index (χ3v) is 4.62. The van der Waals surface area contributed by atoms with Crippen molar-refractivity contribution in [2.24, 2.45) is 7.05 Å². The van der Waals surface area contributed by atoms with Gasteiger partial charge in [0.1, 0.15) is 11.6 Å². The molecule has 23 heavy (non-hydrogen) atoms. The van der Waals surface area contributed by atoms with Crippen LogP contribution in [-0.4, -0.2) is 41.2 Å². The fraction of sp³-hybridized carbons (Fsp3) is 0.438. The quantitative estimate of drug-likeness (QED) is 0.855. The normalized spacial score (nSPS) is 18.5. The molecule has 1 aliphatic rings. The number of halogens is 2. The minimum atomic E-state index is 0. The maximum Gasteiger partial charge on any atom is 0.127 e. The molecule has 0 amide bonds.